The number of hydrogen-bond donors (Lipinski definition) is 2. The molecule has 0 saturated carbocycles. The molecule has 3 aromatic rings. The number of rotatable bonds is 7. The molecule has 172 valence electrons. The smallest absolute Gasteiger partial charge is 0.416 e. The highest BCUT2D eigenvalue weighted by Crippen LogP contribution is 2.30. The van der Waals surface area contributed by atoms with Gasteiger partial charge in [0.05, 0.1) is 12.0 Å². The number of carbonyl (C=O) groups is 2. The third kappa shape index (κ3) is 6.55. The van der Waals surface area contributed by atoms with Crippen molar-refractivity contribution in [2.45, 2.75) is 26.1 Å². The summed E-state index contributed by atoms with van der Waals surface area (Å²) in [6.07, 6.45) is -4.70. The van der Waals surface area contributed by atoms with Crippen LogP contribution in [0.5, 0.6) is 11.5 Å². The van der Waals surface area contributed by atoms with Gasteiger partial charge in [0.15, 0.2) is 0 Å². The van der Waals surface area contributed by atoms with Crippen molar-refractivity contribution in [1.82, 2.24) is 5.32 Å². The van der Waals surface area contributed by atoms with Crippen molar-refractivity contribution in [3.63, 3.8) is 0 Å². The van der Waals surface area contributed by atoms with Crippen molar-refractivity contribution in [2.24, 2.45) is 0 Å². The number of aryl methyl sites for hydroxylation is 1. The largest absolute Gasteiger partial charge is 0.481 e. The van der Waals surface area contributed by atoms with Crippen LogP contribution in [0, 0.1) is 12.7 Å². The predicted molar refractivity (Wildman–Crippen MR) is 112 cm³/mol. The standard InChI is InChI=1S/C24H19F4NO4/c1-14-7-17(24(26,27)28)5-6-21(14)23(32)29-13-16-8-18(25)12-20(10-16)33-19-4-2-3-15(9-19)11-22(30)31/h2-10,12H,11,13H2,1H3,(H,29,32)(H,30,31). The molecule has 0 unspecified atom stereocenters. The van der Waals surface area contributed by atoms with Gasteiger partial charge in [0, 0.05) is 18.2 Å². The van der Waals surface area contributed by atoms with Crippen molar-refractivity contribution in [3.8, 4) is 11.5 Å². The van der Waals surface area contributed by atoms with E-state index in [9.17, 15) is 27.2 Å². The van der Waals surface area contributed by atoms with Crippen LogP contribution in [-0.4, -0.2) is 17.0 Å². The third-order valence-electron chi connectivity index (χ3n) is 4.67. The van der Waals surface area contributed by atoms with E-state index in [4.69, 9.17) is 9.84 Å². The Morgan fingerprint density at radius 1 is 0.970 bits per heavy atom. The zero-order chi connectivity index (χ0) is 24.2. The second-order valence-corrected chi connectivity index (χ2v) is 7.33. The van der Waals surface area contributed by atoms with Crippen LogP contribution in [-0.2, 0) is 23.9 Å². The summed E-state index contributed by atoms with van der Waals surface area (Å²) in [5.74, 6) is -1.77. The zero-order valence-electron chi connectivity index (χ0n) is 17.4. The molecule has 0 aliphatic carbocycles. The molecule has 9 heteroatoms. The van der Waals surface area contributed by atoms with Gasteiger partial charge in [0.1, 0.15) is 17.3 Å². The topological polar surface area (TPSA) is 75.6 Å². The molecule has 0 aliphatic heterocycles. The monoisotopic (exact) mass is 461 g/mol. The van der Waals surface area contributed by atoms with Crippen LogP contribution >= 0.6 is 0 Å². The number of nitrogens with one attached hydrogen (secondary N) is 1. The van der Waals surface area contributed by atoms with Crippen LogP contribution in [0.4, 0.5) is 17.6 Å². The second-order valence-electron chi connectivity index (χ2n) is 7.33. The van der Waals surface area contributed by atoms with Gasteiger partial charge in [-0.2, -0.15) is 13.2 Å². The van der Waals surface area contributed by atoms with Crippen molar-refractivity contribution < 1.29 is 37.0 Å². The zero-order valence-corrected chi connectivity index (χ0v) is 17.4. The number of amides is 1. The van der Waals surface area contributed by atoms with Crippen molar-refractivity contribution in [2.75, 3.05) is 0 Å². The Morgan fingerprint density at radius 3 is 2.36 bits per heavy atom. The van der Waals surface area contributed by atoms with Crippen LogP contribution in [0.2, 0.25) is 0 Å². The first kappa shape index (κ1) is 23.8. The maximum absolute atomic E-state index is 14.1. The molecule has 33 heavy (non-hydrogen) atoms. The quantitative estimate of drug-likeness (QED) is 0.456. The van der Waals surface area contributed by atoms with E-state index in [1.54, 1.807) is 18.2 Å². The first-order chi connectivity index (χ1) is 15.5. The lowest BCUT2D eigenvalue weighted by Gasteiger charge is -2.12. The fourth-order valence-electron chi connectivity index (χ4n) is 3.18. The minimum absolute atomic E-state index is 0.0751. The molecule has 5 nitrogen and oxygen atoms in total. The highest BCUT2D eigenvalue weighted by Gasteiger charge is 2.31. The average molecular weight is 461 g/mol. The number of benzene rings is 3. The molecule has 0 radical (unpaired) electrons. The Labute approximate surface area is 186 Å². The lowest BCUT2D eigenvalue weighted by atomic mass is 10.0. The maximum atomic E-state index is 14.1. The second kappa shape index (κ2) is 9.72. The van der Waals surface area contributed by atoms with E-state index in [1.165, 1.54) is 25.1 Å². The van der Waals surface area contributed by atoms with Gasteiger partial charge >= 0.3 is 12.1 Å². The number of carbonyl (C=O) groups excluding carboxylic acids is 1. The number of ether oxygens (including phenoxy) is 1. The Balaban J connectivity index is 1.70. The highest BCUT2D eigenvalue weighted by molar-refractivity contribution is 5.95. The molecule has 0 aliphatic rings. The van der Waals surface area contributed by atoms with E-state index in [1.807, 2.05) is 0 Å². The molecule has 0 heterocycles. The maximum Gasteiger partial charge on any atom is 0.416 e. The van der Waals surface area contributed by atoms with Crippen molar-refractivity contribution >= 4 is 11.9 Å². The van der Waals surface area contributed by atoms with Crippen molar-refractivity contribution in [3.05, 3.63) is 94.3 Å². The minimum atomic E-state index is -4.51. The summed E-state index contributed by atoms with van der Waals surface area (Å²) in [5.41, 5.74) is 0.259. The number of carboxylic acids is 1. The molecule has 2 N–H and O–H groups in total. The van der Waals surface area contributed by atoms with Crippen LogP contribution in [0.1, 0.15) is 32.6 Å². The number of aliphatic carboxylic acids is 1. The summed E-state index contributed by atoms with van der Waals surface area (Å²) in [4.78, 5) is 23.3. The number of hydrogen-bond acceptors (Lipinski definition) is 3. The molecule has 0 atom stereocenters. The number of carboxylic acid groups (broad SMARTS) is 1. The van der Waals surface area contributed by atoms with E-state index in [0.29, 0.717) is 16.9 Å². The fraction of sp³-hybridized carbons (Fsp3) is 0.167. The Hall–Kier alpha value is -3.88. The van der Waals surface area contributed by atoms with Crippen LogP contribution in [0.15, 0.2) is 60.7 Å². The summed E-state index contributed by atoms with van der Waals surface area (Å²) >= 11 is 0. The molecule has 1 amide bonds. The highest BCUT2D eigenvalue weighted by atomic mass is 19.4. The molecule has 0 bridgehead atoms. The van der Waals surface area contributed by atoms with Gasteiger partial charge in [0.25, 0.3) is 5.91 Å². The average Bonchev–Trinajstić information content (AvgIpc) is 2.70. The molecular weight excluding hydrogens is 442 g/mol. The predicted octanol–water partition coefficient (Wildman–Crippen LogP) is 5.50. The number of alkyl halides is 3. The summed E-state index contributed by atoms with van der Waals surface area (Å²) in [6.45, 7) is 1.31. The van der Waals surface area contributed by atoms with Gasteiger partial charge in [-0.05, 0) is 66.1 Å². The molecule has 0 fully saturated rings. The summed E-state index contributed by atoms with van der Waals surface area (Å²) in [7, 11) is 0. The van der Waals surface area contributed by atoms with E-state index in [0.717, 1.165) is 24.3 Å². The van der Waals surface area contributed by atoms with Gasteiger partial charge in [-0.15, -0.1) is 0 Å². The van der Waals surface area contributed by atoms with E-state index in [2.05, 4.69) is 5.32 Å². The Kier molecular flexibility index (Phi) is 7.01. The molecular formula is C24H19F4NO4. The minimum Gasteiger partial charge on any atom is -0.481 e. The summed E-state index contributed by atoms with van der Waals surface area (Å²) < 4.78 is 58.1. The first-order valence-electron chi connectivity index (χ1n) is 9.75. The van der Waals surface area contributed by atoms with E-state index < -0.39 is 29.4 Å². The number of halogens is 4. The Bertz CT molecular complexity index is 1190. The van der Waals surface area contributed by atoms with E-state index >= 15 is 0 Å². The van der Waals surface area contributed by atoms with Gasteiger partial charge < -0.3 is 15.2 Å². The van der Waals surface area contributed by atoms with Gasteiger partial charge in [0.2, 0.25) is 0 Å². The summed E-state index contributed by atoms with van der Waals surface area (Å²) in [5, 5.41) is 11.5. The lowest BCUT2D eigenvalue weighted by molar-refractivity contribution is -0.138. The first-order valence-corrected chi connectivity index (χ1v) is 9.75. The van der Waals surface area contributed by atoms with E-state index in [-0.39, 0.29) is 29.8 Å². The normalized spacial score (nSPS) is 11.2. The SMILES string of the molecule is Cc1cc(C(F)(F)F)ccc1C(=O)NCc1cc(F)cc(Oc2cccc(CC(=O)O)c2)c1. The molecule has 0 aromatic heterocycles. The van der Waals surface area contributed by atoms with Crippen molar-refractivity contribution in [1.29, 1.82) is 0 Å². The van der Waals surface area contributed by atoms with Gasteiger partial charge in [-0.3, -0.25) is 9.59 Å². The lowest BCUT2D eigenvalue weighted by Crippen LogP contribution is -2.24. The van der Waals surface area contributed by atoms with Crippen LogP contribution < -0.4 is 10.1 Å². The fourth-order valence-corrected chi connectivity index (χ4v) is 3.18. The third-order valence-corrected chi connectivity index (χ3v) is 4.67. The molecule has 0 saturated heterocycles. The molecule has 3 aromatic carbocycles. The summed E-state index contributed by atoms with van der Waals surface area (Å²) in [6, 6.07) is 13.0. The van der Waals surface area contributed by atoms with Gasteiger partial charge in [-0.25, -0.2) is 4.39 Å². The molecule has 0 spiro atoms. The van der Waals surface area contributed by atoms with Crippen LogP contribution in [0.3, 0.4) is 0 Å². The Morgan fingerprint density at radius 2 is 1.70 bits per heavy atom. The van der Waals surface area contributed by atoms with Gasteiger partial charge in [-0.1, -0.05) is 12.1 Å². The van der Waals surface area contributed by atoms with Crippen LogP contribution in [0.25, 0.3) is 0 Å². The molecule has 3 rings (SSSR count).